The number of carbonyl (C=O) groups is 6. The average Bonchev–Trinajstić information content (AvgIpc) is 3.71. The van der Waals surface area contributed by atoms with E-state index < -0.39 is 60.2 Å². The Morgan fingerprint density at radius 1 is 0.600 bits per heavy atom. The van der Waals surface area contributed by atoms with E-state index in [4.69, 9.17) is 37.9 Å². The lowest BCUT2D eigenvalue weighted by atomic mass is 10.1. The molecule has 14 nitrogen and oxygen atoms in total. The maximum absolute atomic E-state index is 12.8. The van der Waals surface area contributed by atoms with E-state index in [0.29, 0.717) is 19.3 Å². The molecule has 0 bridgehead atoms. The number of fused-ring (bicyclic) bond motifs is 1. The topological polar surface area (TPSA) is 176 Å². The van der Waals surface area contributed by atoms with E-state index >= 15 is 0 Å². The molecule has 0 amide bonds. The maximum Gasteiger partial charge on any atom is 0.338 e. The summed E-state index contributed by atoms with van der Waals surface area (Å²) in [5.41, 5.74) is 0.440. The van der Waals surface area contributed by atoms with Crippen LogP contribution in [0.3, 0.4) is 0 Å². The first kappa shape index (κ1) is 37.5. The molecule has 2 saturated heterocycles. The number of hydrogen-bond donors (Lipinski definition) is 0. The van der Waals surface area contributed by atoms with Crippen LogP contribution in [0.2, 0.25) is 0 Å². The third-order valence-corrected chi connectivity index (χ3v) is 7.50. The van der Waals surface area contributed by atoms with Crippen LogP contribution in [0.15, 0.2) is 73.8 Å². The Morgan fingerprint density at radius 3 is 1.46 bits per heavy atom. The van der Waals surface area contributed by atoms with Gasteiger partial charge in [-0.1, -0.05) is 13.2 Å². The summed E-state index contributed by atoms with van der Waals surface area (Å²) < 4.78 is 43.0. The molecule has 2 aliphatic rings. The summed E-state index contributed by atoms with van der Waals surface area (Å²) in [6.45, 7) is 7.00. The number of hydrogen-bond acceptors (Lipinski definition) is 14. The Bertz CT molecular complexity index is 1530. The SMILES string of the molecule is C=CC(=O)OCCCCCC(=O)Oc1ccc(C(=O)O[C@H]2CO[C@H]3[C@@H]2OC[C@H]3OC(=O)c2ccc(OC(=O)CCCOC(=O)C=C)cc2)cc1. The van der Waals surface area contributed by atoms with Crippen LogP contribution in [0.5, 0.6) is 11.5 Å². The minimum atomic E-state index is -0.743. The van der Waals surface area contributed by atoms with Gasteiger partial charge in [0.25, 0.3) is 0 Å². The molecule has 14 heteroatoms. The summed E-state index contributed by atoms with van der Waals surface area (Å²) in [6, 6.07) is 11.7. The van der Waals surface area contributed by atoms with Crippen LogP contribution in [0, 0.1) is 0 Å². The largest absolute Gasteiger partial charge is 0.463 e. The second-order valence-corrected chi connectivity index (χ2v) is 11.1. The van der Waals surface area contributed by atoms with Crippen molar-refractivity contribution in [3.05, 3.63) is 85.0 Å². The van der Waals surface area contributed by atoms with Gasteiger partial charge in [-0.3, -0.25) is 9.59 Å². The van der Waals surface area contributed by atoms with Crippen molar-refractivity contribution in [3.63, 3.8) is 0 Å². The summed E-state index contributed by atoms with van der Waals surface area (Å²) in [6.07, 6.45) is 1.71. The molecule has 0 N–H and O–H groups in total. The zero-order valence-electron chi connectivity index (χ0n) is 27.3. The smallest absolute Gasteiger partial charge is 0.338 e. The van der Waals surface area contributed by atoms with Crippen LogP contribution in [-0.4, -0.2) is 86.7 Å². The number of ether oxygens (including phenoxy) is 8. The maximum atomic E-state index is 12.8. The highest BCUT2D eigenvalue weighted by Gasteiger charge is 2.51. The molecule has 4 atom stereocenters. The number of rotatable bonds is 18. The Labute approximate surface area is 288 Å². The monoisotopic (exact) mass is 694 g/mol. The summed E-state index contributed by atoms with van der Waals surface area (Å²) in [4.78, 5) is 71.8. The highest BCUT2D eigenvalue weighted by molar-refractivity contribution is 5.90. The fourth-order valence-corrected chi connectivity index (χ4v) is 4.95. The summed E-state index contributed by atoms with van der Waals surface area (Å²) >= 11 is 0. The Balaban J connectivity index is 1.16. The Kier molecular flexibility index (Phi) is 14.2. The number of carbonyl (C=O) groups excluding carboxylic acids is 6. The third kappa shape index (κ3) is 11.4. The van der Waals surface area contributed by atoms with Crippen LogP contribution < -0.4 is 9.47 Å². The van der Waals surface area contributed by atoms with E-state index in [-0.39, 0.29) is 68.3 Å². The number of esters is 6. The first-order chi connectivity index (χ1) is 24.2. The van der Waals surface area contributed by atoms with E-state index in [0.717, 1.165) is 12.2 Å². The number of benzene rings is 2. The van der Waals surface area contributed by atoms with Crippen molar-refractivity contribution in [1.29, 1.82) is 0 Å². The molecular formula is C36H38O14. The second kappa shape index (κ2) is 19.0. The molecule has 4 rings (SSSR count). The van der Waals surface area contributed by atoms with Gasteiger partial charge in [0.05, 0.1) is 37.6 Å². The van der Waals surface area contributed by atoms with Gasteiger partial charge in [0.15, 0.2) is 12.2 Å². The van der Waals surface area contributed by atoms with Crippen LogP contribution in [0.4, 0.5) is 0 Å². The lowest BCUT2D eigenvalue weighted by molar-refractivity contribution is -0.140. The van der Waals surface area contributed by atoms with E-state index in [1.54, 1.807) is 0 Å². The molecule has 0 aliphatic carbocycles. The lowest BCUT2D eigenvalue weighted by Crippen LogP contribution is -2.36. The minimum Gasteiger partial charge on any atom is -0.463 e. The van der Waals surface area contributed by atoms with E-state index in [1.807, 2.05) is 0 Å². The molecule has 0 saturated carbocycles. The lowest BCUT2D eigenvalue weighted by Gasteiger charge is -2.17. The van der Waals surface area contributed by atoms with Crippen molar-refractivity contribution in [2.75, 3.05) is 26.4 Å². The van der Waals surface area contributed by atoms with Crippen molar-refractivity contribution >= 4 is 35.8 Å². The van der Waals surface area contributed by atoms with Gasteiger partial charge in [-0.15, -0.1) is 0 Å². The van der Waals surface area contributed by atoms with Crippen molar-refractivity contribution in [3.8, 4) is 11.5 Å². The first-order valence-corrected chi connectivity index (χ1v) is 16.0. The predicted molar refractivity (Wildman–Crippen MR) is 172 cm³/mol. The molecule has 2 aromatic rings. The zero-order valence-corrected chi connectivity index (χ0v) is 27.3. The minimum absolute atomic E-state index is 0.0281. The van der Waals surface area contributed by atoms with Crippen molar-refractivity contribution < 1.29 is 66.7 Å². The highest BCUT2D eigenvalue weighted by atomic mass is 16.7. The number of unbranched alkanes of at least 4 members (excludes halogenated alkanes) is 2. The van der Waals surface area contributed by atoms with Crippen LogP contribution in [0.1, 0.15) is 59.2 Å². The normalized spacial score (nSPS) is 19.0. The molecule has 266 valence electrons. The molecule has 2 heterocycles. The molecule has 0 spiro atoms. The Hall–Kier alpha value is -5.34. The van der Waals surface area contributed by atoms with Crippen LogP contribution in [-0.2, 0) is 47.6 Å². The van der Waals surface area contributed by atoms with Crippen molar-refractivity contribution in [2.24, 2.45) is 0 Å². The van der Waals surface area contributed by atoms with Gasteiger partial charge in [0.1, 0.15) is 23.7 Å². The van der Waals surface area contributed by atoms with Gasteiger partial charge < -0.3 is 37.9 Å². The summed E-state index contributed by atoms with van der Waals surface area (Å²) in [5.74, 6) is -2.78. The average molecular weight is 695 g/mol. The van der Waals surface area contributed by atoms with Crippen molar-refractivity contribution in [1.82, 2.24) is 0 Å². The summed E-state index contributed by atoms with van der Waals surface area (Å²) in [5, 5.41) is 0. The van der Waals surface area contributed by atoms with E-state index in [2.05, 4.69) is 13.2 Å². The van der Waals surface area contributed by atoms with Gasteiger partial charge in [0, 0.05) is 25.0 Å². The van der Waals surface area contributed by atoms with E-state index in [9.17, 15) is 28.8 Å². The molecule has 0 aromatic heterocycles. The fraction of sp³-hybridized carbons (Fsp3) is 0.389. The molecule has 50 heavy (non-hydrogen) atoms. The van der Waals surface area contributed by atoms with Gasteiger partial charge in [0.2, 0.25) is 0 Å². The fourth-order valence-electron chi connectivity index (χ4n) is 4.95. The molecule has 2 fully saturated rings. The molecule has 2 aromatic carbocycles. The van der Waals surface area contributed by atoms with Crippen LogP contribution >= 0.6 is 0 Å². The van der Waals surface area contributed by atoms with Crippen LogP contribution in [0.25, 0.3) is 0 Å². The molecule has 2 aliphatic heterocycles. The van der Waals surface area contributed by atoms with Gasteiger partial charge in [-0.05, 0) is 74.2 Å². The molecular weight excluding hydrogens is 656 g/mol. The molecule has 0 unspecified atom stereocenters. The highest BCUT2D eigenvalue weighted by Crippen LogP contribution is 2.32. The van der Waals surface area contributed by atoms with Gasteiger partial charge in [-0.25, -0.2) is 19.2 Å². The van der Waals surface area contributed by atoms with E-state index in [1.165, 1.54) is 48.5 Å². The standard InChI is InChI=1S/C36H38O14/c1-3-29(37)43-19-7-5-6-9-31(39)47-25-15-11-23(12-16-25)35(41)49-27-21-45-34-28(22-46-33(27)34)50-36(42)24-13-17-26(18-14-24)48-32(40)10-8-20-44-30(38)4-2/h3-4,11-18,27-28,33-34H,1-2,5-10,19-22H2/t27-,28+,33+,34+/m0/s1. The predicted octanol–water partition coefficient (Wildman–Crippen LogP) is 3.85. The second-order valence-electron chi connectivity index (χ2n) is 11.1. The third-order valence-electron chi connectivity index (χ3n) is 7.50. The van der Waals surface area contributed by atoms with Crippen molar-refractivity contribution in [2.45, 2.75) is 62.9 Å². The van der Waals surface area contributed by atoms with Gasteiger partial charge in [-0.2, -0.15) is 0 Å². The summed E-state index contributed by atoms with van der Waals surface area (Å²) in [7, 11) is 0. The Morgan fingerprint density at radius 2 is 1.02 bits per heavy atom. The quantitative estimate of drug-likeness (QED) is 0.0723. The van der Waals surface area contributed by atoms with Gasteiger partial charge >= 0.3 is 35.8 Å². The zero-order chi connectivity index (χ0) is 35.9. The first-order valence-electron chi connectivity index (χ1n) is 16.0. The molecule has 0 radical (unpaired) electrons.